The van der Waals surface area contributed by atoms with E-state index in [2.05, 4.69) is 0 Å². The summed E-state index contributed by atoms with van der Waals surface area (Å²) in [6.07, 6.45) is 4.08. The molecule has 0 heterocycles. The Morgan fingerprint density at radius 3 is 2.60 bits per heavy atom. The molecule has 1 saturated carbocycles. The largest absolute Gasteiger partial charge is 0.394 e. The third kappa shape index (κ3) is 1.31. The average Bonchev–Trinajstić information content (AvgIpc) is 1.96. The minimum Gasteiger partial charge on any atom is -0.394 e. The minimum atomic E-state index is -0.488. The molecular formula is C7H16N2O. The van der Waals surface area contributed by atoms with Gasteiger partial charge in [0.1, 0.15) is 0 Å². The second-order valence-corrected chi connectivity index (χ2v) is 3.24. The molecule has 0 aliphatic heterocycles. The lowest BCUT2D eigenvalue weighted by molar-refractivity contribution is 0.137. The van der Waals surface area contributed by atoms with Gasteiger partial charge in [-0.25, -0.2) is 0 Å². The zero-order valence-electron chi connectivity index (χ0n) is 6.21. The third-order valence-electron chi connectivity index (χ3n) is 2.44. The summed E-state index contributed by atoms with van der Waals surface area (Å²) in [7, 11) is 0. The minimum absolute atomic E-state index is 0.00810. The molecule has 1 aliphatic carbocycles. The van der Waals surface area contributed by atoms with E-state index < -0.39 is 5.54 Å². The van der Waals surface area contributed by atoms with Crippen molar-refractivity contribution < 1.29 is 5.11 Å². The van der Waals surface area contributed by atoms with Gasteiger partial charge in [-0.15, -0.1) is 0 Å². The van der Waals surface area contributed by atoms with E-state index in [1.165, 1.54) is 0 Å². The zero-order chi connectivity index (χ0) is 7.61. The third-order valence-corrected chi connectivity index (χ3v) is 2.44. The van der Waals surface area contributed by atoms with E-state index in [4.69, 9.17) is 16.6 Å². The predicted octanol–water partition coefficient (Wildman–Crippen LogP) is -0.422. The lowest BCUT2D eigenvalue weighted by Gasteiger charge is -2.37. The molecule has 0 saturated heterocycles. The molecule has 3 nitrogen and oxygen atoms in total. The van der Waals surface area contributed by atoms with Gasteiger partial charge in [0.15, 0.2) is 0 Å². The standard InChI is InChI=1S/C7H16N2O/c8-6-3-1-2-4-7(6,9)5-10/h6,10H,1-5,8-9H2. The molecule has 1 aliphatic rings. The van der Waals surface area contributed by atoms with Gasteiger partial charge in [0.25, 0.3) is 0 Å². The Morgan fingerprint density at radius 1 is 1.50 bits per heavy atom. The molecule has 0 aromatic carbocycles. The lowest BCUT2D eigenvalue weighted by atomic mass is 9.79. The Morgan fingerprint density at radius 2 is 2.20 bits per heavy atom. The molecule has 1 fully saturated rings. The lowest BCUT2D eigenvalue weighted by Crippen LogP contribution is -2.59. The summed E-state index contributed by atoms with van der Waals surface area (Å²) in [4.78, 5) is 0. The Labute approximate surface area is 61.4 Å². The molecule has 0 radical (unpaired) electrons. The maximum absolute atomic E-state index is 8.92. The highest BCUT2D eigenvalue weighted by Gasteiger charge is 2.33. The summed E-state index contributed by atoms with van der Waals surface area (Å²) in [5, 5.41) is 8.92. The van der Waals surface area contributed by atoms with Gasteiger partial charge in [0, 0.05) is 6.04 Å². The van der Waals surface area contributed by atoms with E-state index in [1.54, 1.807) is 0 Å². The Kier molecular flexibility index (Phi) is 2.28. The van der Waals surface area contributed by atoms with E-state index in [1.807, 2.05) is 0 Å². The van der Waals surface area contributed by atoms with E-state index in [-0.39, 0.29) is 12.6 Å². The van der Waals surface area contributed by atoms with Crippen LogP contribution in [0, 0.1) is 0 Å². The van der Waals surface area contributed by atoms with Crippen LogP contribution in [0.5, 0.6) is 0 Å². The first kappa shape index (κ1) is 7.98. The SMILES string of the molecule is NC1CCCCC1(N)CO. The molecule has 2 unspecified atom stereocenters. The van der Waals surface area contributed by atoms with E-state index in [0.29, 0.717) is 0 Å². The van der Waals surface area contributed by atoms with Gasteiger partial charge in [-0.1, -0.05) is 12.8 Å². The van der Waals surface area contributed by atoms with Crippen LogP contribution >= 0.6 is 0 Å². The fourth-order valence-corrected chi connectivity index (χ4v) is 1.49. The van der Waals surface area contributed by atoms with Crippen molar-refractivity contribution >= 4 is 0 Å². The highest BCUT2D eigenvalue weighted by atomic mass is 16.3. The van der Waals surface area contributed by atoms with Crippen molar-refractivity contribution in [2.24, 2.45) is 11.5 Å². The van der Waals surface area contributed by atoms with Gasteiger partial charge >= 0.3 is 0 Å². The second kappa shape index (κ2) is 2.86. The monoisotopic (exact) mass is 144 g/mol. The van der Waals surface area contributed by atoms with Gasteiger partial charge in [-0.3, -0.25) is 0 Å². The second-order valence-electron chi connectivity index (χ2n) is 3.24. The molecule has 2 atom stereocenters. The molecule has 0 aromatic heterocycles. The smallest absolute Gasteiger partial charge is 0.0626 e. The summed E-state index contributed by atoms with van der Waals surface area (Å²) in [5.74, 6) is 0. The Hall–Kier alpha value is -0.120. The molecule has 60 valence electrons. The number of aliphatic hydroxyl groups is 1. The highest BCUT2D eigenvalue weighted by molar-refractivity contribution is 4.96. The maximum Gasteiger partial charge on any atom is 0.0626 e. The summed E-state index contributed by atoms with van der Waals surface area (Å²) >= 11 is 0. The number of nitrogens with two attached hydrogens (primary N) is 2. The van der Waals surface area contributed by atoms with Crippen LogP contribution in [0.15, 0.2) is 0 Å². The Balaban J connectivity index is 2.54. The van der Waals surface area contributed by atoms with Crippen molar-refractivity contribution in [3.05, 3.63) is 0 Å². The molecule has 0 aromatic rings. The van der Waals surface area contributed by atoms with Crippen LogP contribution in [0.2, 0.25) is 0 Å². The molecule has 0 amide bonds. The van der Waals surface area contributed by atoms with Crippen LogP contribution in [-0.2, 0) is 0 Å². The molecule has 10 heavy (non-hydrogen) atoms. The zero-order valence-corrected chi connectivity index (χ0v) is 6.21. The van der Waals surface area contributed by atoms with Crippen molar-refractivity contribution in [2.45, 2.75) is 37.3 Å². The van der Waals surface area contributed by atoms with E-state index >= 15 is 0 Å². The van der Waals surface area contributed by atoms with Gasteiger partial charge in [0.2, 0.25) is 0 Å². The molecule has 3 heteroatoms. The molecule has 0 spiro atoms. The van der Waals surface area contributed by atoms with Gasteiger partial charge in [-0.2, -0.15) is 0 Å². The van der Waals surface area contributed by atoms with Crippen LogP contribution in [0.4, 0.5) is 0 Å². The molecule has 1 rings (SSSR count). The molecule has 5 N–H and O–H groups in total. The van der Waals surface area contributed by atoms with Gasteiger partial charge in [0.05, 0.1) is 12.1 Å². The van der Waals surface area contributed by atoms with Crippen molar-refractivity contribution in [3.8, 4) is 0 Å². The first-order valence-corrected chi connectivity index (χ1v) is 3.84. The summed E-state index contributed by atoms with van der Waals surface area (Å²) in [6.45, 7) is 0.0220. The number of rotatable bonds is 1. The topological polar surface area (TPSA) is 72.3 Å². The highest BCUT2D eigenvalue weighted by Crippen LogP contribution is 2.24. The normalized spacial score (nSPS) is 41.7. The van der Waals surface area contributed by atoms with Crippen molar-refractivity contribution in [2.75, 3.05) is 6.61 Å². The van der Waals surface area contributed by atoms with Crippen LogP contribution in [-0.4, -0.2) is 23.3 Å². The first-order chi connectivity index (χ1) is 4.69. The van der Waals surface area contributed by atoms with Gasteiger partial charge < -0.3 is 16.6 Å². The summed E-state index contributed by atoms with van der Waals surface area (Å²) < 4.78 is 0. The van der Waals surface area contributed by atoms with Crippen LogP contribution in [0.1, 0.15) is 25.7 Å². The van der Waals surface area contributed by atoms with Crippen LogP contribution in [0.25, 0.3) is 0 Å². The Bertz CT molecular complexity index is 118. The molecular weight excluding hydrogens is 128 g/mol. The maximum atomic E-state index is 8.92. The van der Waals surface area contributed by atoms with Gasteiger partial charge in [-0.05, 0) is 12.8 Å². The van der Waals surface area contributed by atoms with Crippen molar-refractivity contribution in [3.63, 3.8) is 0 Å². The summed E-state index contributed by atoms with van der Waals surface area (Å²) in [6, 6.07) is -0.00810. The van der Waals surface area contributed by atoms with E-state index in [0.717, 1.165) is 25.7 Å². The average molecular weight is 144 g/mol. The number of hydrogen-bond acceptors (Lipinski definition) is 3. The number of hydrogen-bond donors (Lipinski definition) is 3. The predicted molar refractivity (Wildman–Crippen MR) is 40.4 cm³/mol. The first-order valence-electron chi connectivity index (χ1n) is 3.84. The van der Waals surface area contributed by atoms with Crippen LogP contribution in [0.3, 0.4) is 0 Å². The van der Waals surface area contributed by atoms with Crippen LogP contribution < -0.4 is 11.5 Å². The summed E-state index contributed by atoms with van der Waals surface area (Å²) in [5.41, 5.74) is 11.1. The van der Waals surface area contributed by atoms with Crippen molar-refractivity contribution in [1.82, 2.24) is 0 Å². The fraction of sp³-hybridized carbons (Fsp3) is 1.00. The molecule has 0 bridgehead atoms. The van der Waals surface area contributed by atoms with Crippen molar-refractivity contribution in [1.29, 1.82) is 0 Å². The van der Waals surface area contributed by atoms with E-state index in [9.17, 15) is 0 Å². The number of aliphatic hydroxyl groups excluding tert-OH is 1. The fourth-order valence-electron chi connectivity index (χ4n) is 1.49. The quantitative estimate of drug-likeness (QED) is 0.468.